The standard InChI is InChI=1S/C13H20Cl2N2O2S/c1-5-17(9(2)3)20(18,19)12-7-6-11(14)10(8-16-4)13(12)15/h6-7,9,16H,5,8H2,1-4H3. The molecule has 1 aromatic carbocycles. The highest BCUT2D eigenvalue weighted by atomic mass is 35.5. The number of nitrogens with zero attached hydrogens (tertiary/aromatic N) is 1. The van der Waals surface area contributed by atoms with Crippen LogP contribution in [0, 0.1) is 0 Å². The molecule has 0 fully saturated rings. The van der Waals surface area contributed by atoms with Gasteiger partial charge in [-0.2, -0.15) is 4.31 Å². The molecular formula is C13H20Cl2N2O2S. The van der Waals surface area contributed by atoms with Crippen molar-refractivity contribution in [3.05, 3.63) is 27.7 Å². The third-order valence-electron chi connectivity index (χ3n) is 2.98. The Balaban J connectivity index is 3.43. The lowest BCUT2D eigenvalue weighted by Crippen LogP contribution is -2.36. The smallest absolute Gasteiger partial charge is 0.244 e. The summed E-state index contributed by atoms with van der Waals surface area (Å²) in [5.41, 5.74) is 0.594. The number of hydrogen-bond donors (Lipinski definition) is 1. The molecule has 0 radical (unpaired) electrons. The van der Waals surface area contributed by atoms with Gasteiger partial charge in [-0.15, -0.1) is 0 Å². The van der Waals surface area contributed by atoms with Crippen molar-refractivity contribution in [2.45, 2.75) is 38.3 Å². The first-order chi connectivity index (χ1) is 9.27. The number of halogens is 2. The molecule has 0 amide bonds. The van der Waals surface area contributed by atoms with Gasteiger partial charge in [0.1, 0.15) is 4.90 Å². The molecule has 4 nitrogen and oxygen atoms in total. The third-order valence-corrected chi connectivity index (χ3v) is 6.07. The summed E-state index contributed by atoms with van der Waals surface area (Å²) < 4.78 is 26.8. The van der Waals surface area contributed by atoms with Crippen molar-refractivity contribution < 1.29 is 8.42 Å². The predicted octanol–water partition coefficient (Wildman–Crippen LogP) is 3.13. The van der Waals surface area contributed by atoms with Gasteiger partial charge in [-0.1, -0.05) is 30.1 Å². The van der Waals surface area contributed by atoms with Crippen molar-refractivity contribution in [2.75, 3.05) is 13.6 Å². The maximum absolute atomic E-state index is 12.7. The second-order valence-electron chi connectivity index (χ2n) is 4.67. The van der Waals surface area contributed by atoms with E-state index in [4.69, 9.17) is 23.2 Å². The Kier molecular flexibility index (Phi) is 6.28. The van der Waals surface area contributed by atoms with Crippen molar-refractivity contribution in [2.24, 2.45) is 0 Å². The zero-order valence-corrected chi connectivity index (χ0v) is 14.4. The first kappa shape index (κ1) is 17.7. The van der Waals surface area contributed by atoms with Crippen LogP contribution in [0.3, 0.4) is 0 Å². The van der Waals surface area contributed by atoms with Crippen LogP contribution in [0.2, 0.25) is 10.0 Å². The summed E-state index contributed by atoms with van der Waals surface area (Å²) >= 11 is 12.3. The number of benzene rings is 1. The van der Waals surface area contributed by atoms with Gasteiger partial charge in [0, 0.05) is 29.7 Å². The minimum Gasteiger partial charge on any atom is -0.316 e. The SMILES string of the molecule is CCN(C(C)C)S(=O)(=O)c1ccc(Cl)c(CNC)c1Cl. The van der Waals surface area contributed by atoms with Gasteiger partial charge in [-0.25, -0.2) is 8.42 Å². The number of rotatable bonds is 6. The molecule has 7 heteroatoms. The van der Waals surface area contributed by atoms with E-state index in [0.29, 0.717) is 23.7 Å². The minimum absolute atomic E-state index is 0.101. The van der Waals surface area contributed by atoms with Crippen LogP contribution in [0.5, 0.6) is 0 Å². The highest BCUT2D eigenvalue weighted by Crippen LogP contribution is 2.33. The zero-order chi connectivity index (χ0) is 15.5. The topological polar surface area (TPSA) is 49.4 Å². The largest absolute Gasteiger partial charge is 0.316 e. The van der Waals surface area contributed by atoms with Crippen LogP contribution in [0.1, 0.15) is 26.3 Å². The van der Waals surface area contributed by atoms with Gasteiger partial charge in [0.2, 0.25) is 10.0 Å². The summed E-state index contributed by atoms with van der Waals surface area (Å²) in [6.45, 7) is 6.27. The highest BCUT2D eigenvalue weighted by Gasteiger charge is 2.29. The summed E-state index contributed by atoms with van der Waals surface area (Å²) in [6, 6.07) is 2.90. The van der Waals surface area contributed by atoms with E-state index in [2.05, 4.69) is 5.32 Å². The lowest BCUT2D eigenvalue weighted by Gasteiger charge is -2.25. The van der Waals surface area contributed by atoms with E-state index >= 15 is 0 Å². The molecule has 0 bridgehead atoms. The molecular weight excluding hydrogens is 319 g/mol. The zero-order valence-electron chi connectivity index (χ0n) is 12.1. The Morgan fingerprint density at radius 2 is 1.90 bits per heavy atom. The molecule has 1 rings (SSSR count). The molecule has 0 aromatic heterocycles. The maximum Gasteiger partial charge on any atom is 0.244 e. The van der Waals surface area contributed by atoms with E-state index in [1.165, 1.54) is 10.4 Å². The molecule has 0 unspecified atom stereocenters. The van der Waals surface area contributed by atoms with E-state index < -0.39 is 10.0 Å². The second kappa shape index (κ2) is 7.09. The summed E-state index contributed by atoms with van der Waals surface area (Å²) in [4.78, 5) is 0.101. The molecule has 0 heterocycles. The molecule has 0 aliphatic heterocycles. The van der Waals surface area contributed by atoms with Crippen molar-refractivity contribution in [1.82, 2.24) is 9.62 Å². The van der Waals surface area contributed by atoms with E-state index in [1.807, 2.05) is 13.8 Å². The van der Waals surface area contributed by atoms with Crippen LogP contribution < -0.4 is 5.32 Å². The lowest BCUT2D eigenvalue weighted by molar-refractivity contribution is 0.369. The molecule has 0 aliphatic rings. The monoisotopic (exact) mass is 338 g/mol. The summed E-state index contributed by atoms with van der Waals surface area (Å²) in [5.74, 6) is 0. The molecule has 20 heavy (non-hydrogen) atoms. The molecule has 1 N–H and O–H groups in total. The van der Waals surface area contributed by atoms with E-state index in [-0.39, 0.29) is 16.0 Å². The molecule has 0 saturated carbocycles. The molecule has 0 saturated heterocycles. The first-order valence-electron chi connectivity index (χ1n) is 6.40. The van der Waals surface area contributed by atoms with Crippen LogP contribution in [0.15, 0.2) is 17.0 Å². The fourth-order valence-corrected chi connectivity index (χ4v) is 4.59. The van der Waals surface area contributed by atoms with Gasteiger partial charge in [0.05, 0.1) is 5.02 Å². The van der Waals surface area contributed by atoms with Crippen LogP contribution in [-0.2, 0) is 16.6 Å². The quantitative estimate of drug-likeness (QED) is 0.866. The molecule has 1 aromatic rings. The third kappa shape index (κ3) is 3.46. The van der Waals surface area contributed by atoms with Crippen LogP contribution in [0.25, 0.3) is 0 Å². The van der Waals surface area contributed by atoms with Crippen LogP contribution in [0.4, 0.5) is 0 Å². The fraction of sp³-hybridized carbons (Fsp3) is 0.538. The van der Waals surface area contributed by atoms with E-state index in [1.54, 1.807) is 20.0 Å². The van der Waals surface area contributed by atoms with Crippen molar-refractivity contribution >= 4 is 33.2 Å². The molecule has 0 atom stereocenters. The van der Waals surface area contributed by atoms with E-state index in [9.17, 15) is 8.42 Å². The second-order valence-corrected chi connectivity index (χ2v) is 7.31. The van der Waals surface area contributed by atoms with Crippen molar-refractivity contribution in [3.63, 3.8) is 0 Å². The van der Waals surface area contributed by atoms with E-state index in [0.717, 1.165) is 0 Å². The normalized spacial score (nSPS) is 12.4. The summed E-state index contributed by atoms with van der Waals surface area (Å²) in [7, 11) is -1.87. The molecule has 0 aliphatic carbocycles. The fourth-order valence-electron chi connectivity index (χ4n) is 2.05. The van der Waals surface area contributed by atoms with Gasteiger partial charge in [-0.3, -0.25) is 0 Å². The van der Waals surface area contributed by atoms with Crippen LogP contribution >= 0.6 is 23.2 Å². The Morgan fingerprint density at radius 1 is 1.30 bits per heavy atom. The summed E-state index contributed by atoms with van der Waals surface area (Å²) in [5, 5.41) is 3.57. The maximum atomic E-state index is 12.7. The molecule has 0 spiro atoms. The Bertz CT molecular complexity index is 574. The van der Waals surface area contributed by atoms with Gasteiger partial charge in [0.15, 0.2) is 0 Å². The Hall–Kier alpha value is -0.330. The minimum atomic E-state index is -3.62. The predicted molar refractivity (Wildman–Crippen MR) is 83.9 cm³/mol. The van der Waals surface area contributed by atoms with Gasteiger partial charge >= 0.3 is 0 Å². The first-order valence-corrected chi connectivity index (χ1v) is 8.60. The van der Waals surface area contributed by atoms with Crippen molar-refractivity contribution in [3.8, 4) is 0 Å². The van der Waals surface area contributed by atoms with Crippen LogP contribution in [-0.4, -0.2) is 32.4 Å². The molecule has 114 valence electrons. The average Bonchev–Trinajstić information content (AvgIpc) is 2.33. The average molecular weight is 339 g/mol. The van der Waals surface area contributed by atoms with Gasteiger partial charge in [-0.05, 0) is 33.0 Å². The highest BCUT2D eigenvalue weighted by molar-refractivity contribution is 7.89. The Labute approximate surface area is 131 Å². The van der Waals surface area contributed by atoms with Gasteiger partial charge < -0.3 is 5.32 Å². The van der Waals surface area contributed by atoms with Gasteiger partial charge in [0.25, 0.3) is 0 Å². The lowest BCUT2D eigenvalue weighted by atomic mass is 10.2. The number of hydrogen-bond acceptors (Lipinski definition) is 3. The number of sulfonamides is 1. The number of nitrogens with one attached hydrogen (secondary N) is 1. The van der Waals surface area contributed by atoms with Crippen molar-refractivity contribution in [1.29, 1.82) is 0 Å². The summed E-state index contributed by atoms with van der Waals surface area (Å²) in [6.07, 6.45) is 0. The Morgan fingerprint density at radius 3 is 2.35 bits per heavy atom.